The molecule has 0 aliphatic carbocycles. The molecule has 0 spiro atoms. The topological polar surface area (TPSA) is 43.8 Å². The van der Waals surface area contributed by atoms with Crippen molar-refractivity contribution in [1.29, 1.82) is 0 Å². The van der Waals surface area contributed by atoms with Crippen LogP contribution in [0.4, 0.5) is 8.78 Å². The lowest BCUT2D eigenvalue weighted by molar-refractivity contribution is 0.557. The highest BCUT2D eigenvalue weighted by Gasteiger charge is 2.20. The Labute approximate surface area is 97.9 Å². The van der Waals surface area contributed by atoms with Crippen LogP contribution in [0, 0.1) is 11.6 Å². The lowest BCUT2D eigenvalue weighted by Gasteiger charge is -2.15. The molecule has 2 N–H and O–H groups in total. The highest BCUT2D eigenvalue weighted by Crippen LogP contribution is 2.24. The van der Waals surface area contributed by atoms with Gasteiger partial charge in [-0.3, -0.25) is 0 Å². The van der Waals surface area contributed by atoms with E-state index in [9.17, 15) is 8.78 Å². The molecule has 1 unspecified atom stereocenters. The fraction of sp³-hybridized carbons (Fsp3) is 0.250. The van der Waals surface area contributed by atoms with E-state index in [0.29, 0.717) is 11.4 Å². The number of aryl methyl sites for hydroxylation is 1. The second-order valence-electron chi connectivity index (χ2n) is 3.85. The van der Waals surface area contributed by atoms with Gasteiger partial charge < -0.3 is 10.3 Å². The first-order valence-corrected chi connectivity index (χ1v) is 5.25. The quantitative estimate of drug-likeness (QED) is 0.884. The molecule has 2 aromatic rings. The van der Waals surface area contributed by atoms with Crippen molar-refractivity contribution >= 4 is 0 Å². The molecule has 0 bridgehead atoms. The van der Waals surface area contributed by atoms with Crippen LogP contribution >= 0.6 is 0 Å². The minimum atomic E-state index is -0.595. The fourth-order valence-corrected chi connectivity index (χ4v) is 1.87. The average molecular weight is 237 g/mol. The maximum Gasteiger partial charge on any atom is 0.130 e. The molecule has 17 heavy (non-hydrogen) atoms. The molecule has 5 heteroatoms. The van der Waals surface area contributed by atoms with Gasteiger partial charge in [-0.15, -0.1) is 0 Å². The monoisotopic (exact) mass is 237 g/mol. The minimum Gasteiger partial charge on any atom is -0.337 e. The van der Waals surface area contributed by atoms with Gasteiger partial charge in [0.05, 0.1) is 5.92 Å². The van der Waals surface area contributed by atoms with Gasteiger partial charge in [-0.1, -0.05) is 6.07 Å². The van der Waals surface area contributed by atoms with Crippen molar-refractivity contribution in [3.63, 3.8) is 0 Å². The Morgan fingerprint density at radius 3 is 2.71 bits per heavy atom. The summed E-state index contributed by atoms with van der Waals surface area (Å²) in [4.78, 5) is 4.15. The number of hydrogen-bond acceptors (Lipinski definition) is 2. The van der Waals surface area contributed by atoms with Crippen LogP contribution < -0.4 is 5.73 Å². The third-order valence-corrected chi connectivity index (χ3v) is 2.74. The number of benzene rings is 1. The van der Waals surface area contributed by atoms with E-state index in [2.05, 4.69) is 4.98 Å². The van der Waals surface area contributed by atoms with Crippen LogP contribution in [0.3, 0.4) is 0 Å². The highest BCUT2D eigenvalue weighted by molar-refractivity contribution is 5.28. The van der Waals surface area contributed by atoms with Gasteiger partial charge in [-0.2, -0.15) is 0 Å². The molecular weight excluding hydrogens is 224 g/mol. The molecule has 1 heterocycles. The van der Waals surface area contributed by atoms with Gasteiger partial charge in [-0.05, 0) is 11.6 Å². The van der Waals surface area contributed by atoms with Crippen LogP contribution in [-0.4, -0.2) is 16.1 Å². The minimum absolute atomic E-state index is 0.216. The van der Waals surface area contributed by atoms with Crippen molar-refractivity contribution < 1.29 is 8.78 Å². The van der Waals surface area contributed by atoms with E-state index in [0.717, 1.165) is 6.07 Å². The molecule has 2 rings (SSSR count). The zero-order valence-corrected chi connectivity index (χ0v) is 9.40. The molecule has 0 aliphatic rings. The smallest absolute Gasteiger partial charge is 0.130 e. The summed E-state index contributed by atoms with van der Waals surface area (Å²) in [5.41, 5.74) is 6.02. The summed E-state index contributed by atoms with van der Waals surface area (Å²) in [6.07, 6.45) is 3.39. The van der Waals surface area contributed by atoms with Crippen molar-refractivity contribution in [3.05, 3.63) is 53.6 Å². The SMILES string of the molecule is Cn1ccnc1C(CN)c1ccc(F)cc1F. The molecule has 0 saturated carbocycles. The van der Waals surface area contributed by atoms with Crippen molar-refractivity contribution in [3.8, 4) is 0 Å². The molecular formula is C12H13F2N3. The van der Waals surface area contributed by atoms with E-state index in [4.69, 9.17) is 5.73 Å². The first kappa shape index (κ1) is 11.7. The van der Waals surface area contributed by atoms with E-state index in [1.54, 1.807) is 17.0 Å². The number of rotatable bonds is 3. The third-order valence-electron chi connectivity index (χ3n) is 2.74. The molecule has 1 atom stereocenters. The summed E-state index contributed by atoms with van der Waals surface area (Å²) in [6.45, 7) is 0.216. The molecule has 0 fully saturated rings. The molecule has 1 aromatic carbocycles. The summed E-state index contributed by atoms with van der Waals surface area (Å²) in [5.74, 6) is -0.890. The maximum atomic E-state index is 13.7. The lowest BCUT2D eigenvalue weighted by Crippen LogP contribution is -2.18. The molecule has 1 aromatic heterocycles. The van der Waals surface area contributed by atoms with Gasteiger partial charge >= 0.3 is 0 Å². The second kappa shape index (κ2) is 4.63. The van der Waals surface area contributed by atoms with Crippen LogP contribution in [0.25, 0.3) is 0 Å². The predicted octanol–water partition coefficient (Wildman–Crippen LogP) is 1.79. The van der Waals surface area contributed by atoms with E-state index in [1.807, 2.05) is 7.05 Å². The normalized spacial score (nSPS) is 12.7. The van der Waals surface area contributed by atoms with Crippen LogP contribution in [0.1, 0.15) is 17.3 Å². The van der Waals surface area contributed by atoms with Crippen molar-refractivity contribution in [2.45, 2.75) is 5.92 Å². The lowest BCUT2D eigenvalue weighted by atomic mass is 9.97. The van der Waals surface area contributed by atoms with Gasteiger partial charge in [0.1, 0.15) is 17.5 Å². The summed E-state index contributed by atoms with van der Waals surface area (Å²) in [7, 11) is 1.81. The highest BCUT2D eigenvalue weighted by atomic mass is 19.1. The van der Waals surface area contributed by atoms with Crippen LogP contribution in [-0.2, 0) is 7.05 Å². The zero-order valence-electron chi connectivity index (χ0n) is 9.40. The Balaban J connectivity index is 2.46. The van der Waals surface area contributed by atoms with Gasteiger partial charge in [0.2, 0.25) is 0 Å². The summed E-state index contributed by atoms with van der Waals surface area (Å²) >= 11 is 0. The predicted molar refractivity (Wildman–Crippen MR) is 60.5 cm³/mol. The van der Waals surface area contributed by atoms with Crippen LogP contribution in [0.15, 0.2) is 30.6 Å². The summed E-state index contributed by atoms with van der Waals surface area (Å²) in [5, 5.41) is 0. The van der Waals surface area contributed by atoms with Crippen molar-refractivity contribution in [2.75, 3.05) is 6.54 Å². The van der Waals surface area contributed by atoms with Crippen molar-refractivity contribution in [1.82, 2.24) is 9.55 Å². The van der Waals surface area contributed by atoms with E-state index in [1.165, 1.54) is 12.1 Å². The first-order chi connectivity index (χ1) is 8.13. The Kier molecular flexibility index (Phi) is 3.19. The number of nitrogens with zero attached hydrogens (tertiary/aromatic N) is 2. The molecule has 3 nitrogen and oxygen atoms in total. The average Bonchev–Trinajstić information content (AvgIpc) is 2.69. The Morgan fingerprint density at radius 2 is 2.18 bits per heavy atom. The Bertz CT molecular complexity index is 522. The fourth-order valence-electron chi connectivity index (χ4n) is 1.87. The number of imidazole rings is 1. The van der Waals surface area contributed by atoms with Crippen molar-refractivity contribution in [2.24, 2.45) is 12.8 Å². The number of aromatic nitrogens is 2. The number of nitrogens with two attached hydrogens (primary N) is 1. The van der Waals surface area contributed by atoms with Gasteiger partial charge in [0.15, 0.2) is 0 Å². The summed E-state index contributed by atoms with van der Waals surface area (Å²) < 4.78 is 28.3. The number of halogens is 2. The van der Waals surface area contributed by atoms with E-state index in [-0.39, 0.29) is 12.5 Å². The zero-order chi connectivity index (χ0) is 12.4. The third kappa shape index (κ3) is 2.19. The molecule has 0 saturated heterocycles. The first-order valence-electron chi connectivity index (χ1n) is 5.25. The standard InChI is InChI=1S/C12H13F2N3/c1-17-5-4-16-12(17)10(7-15)9-3-2-8(13)6-11(9)14/h2-6,10H,7,15H2,1H3. The molecule has 0 aliphatic heterocycles. The molecule has 90 valence electrons. The van der Waals surface area contributed by atoms with Crippen LogP contribution in [0.5, 0.6) is 0 Å². The number of hydrogen-bond donors (Lipinski definition) is 1. The Hall–Kier alpha value is -1.75. The van der Waals surface area contributed by atoms with Gasteiger partial charge in [0, 0.05) is 32.1 Å². The Morgan fingerprint density at radius 1 is 1.41 bits per heavy atom. The van der Waals surface area contributed by atoms with Crippen LogP contribution in [0.2, 0.25) is 0 Å². The van der Waals surface area contributed by atoms with Gasteiger partial charge in [-0.25, -0.2) is 13.8 Å². The summed E-state index contributed by atoms with van der Waals surface area (Å²) in [6, 6.07) is 3.50. The van der Waals surface area contributed by atoms with E-state index >= 15 is 0 Å². The maximum absolute atomic E-state index is 13.7. The molecule has 0 amide bonds. The van der Waals surface area contributed by atoms with E-state index < -0.39 is 11.6 Å². The molecule has 0 radical (unpaired) electrons. The van der Waals surface area contributed by atoms with Gasteiger partial charge in [0.25, 0.3) is 0 Å². The second-order valence-corrected chi connectivity index (χ2v) is 3.85. The largest absolute Gasteiger partial charge is 0.337 e.